The topological polar surface area (TPSA) is 100 Å². The molecule has 30 heavy (non-hydrogen) atoms. The van der Waals surface area contributed by atoms with Gasteiger partial charge in [-0.25, -0.2) is 0 Å². The zero-order valence-electron chi connectivity index (χ0n) is 17.7. The maximum atomic E-state index is 12.0. The number of nitrogens with one attached hydrogen (secondary N) is 1. The number of benzene rings is 1. The Morgan fingerprint density at radius 2 is 1.47 bits per heavy atom. The molecule has 0 aromatic heterocycles. The standard InChI is InChI=1S/C21H30ClNO7/c1-21(2,3)30-18(24)7-9-27-11-13-29-14-12-28-10-8-23-20(26)17-6-4-5-16(15-17)19(22)25/h4-6,15H,7-14H2,1-3H3,(H,23,26). The Hall–Kier alpha value is -2.00. The SMILES string of the molecule is CC(C)(C)OC(=O)CCOCCOCCOCCNC(=O)c1cccc(C(=O)Cl)c1. The van der Waals surface area contributed by atoms with E-state index in [9.17, 15) is 14.4 Å². The number of ether oxygens (including phenoxy) is 4. The number of esters is 1. The van der Waals surface area contributed by atoms with E-state index in [2.05, 4.69) is 5.32 Å². The second kappa shape index (κ2) is 14.1. The van der Waals surface area contributed by atoms with Gasteiger partial charge in [0.2, 0.25) is 0 Å². The van der Waals surface area contributed by atoms with Gasteiger partial charge in [0.25, 0.3) is 11.1 Å². The second-order valence-electron chi connectivity index (χ2n) is 7.28. The van der Waals surface area contributed by atoms with Crippen molar-refractivity contribution in [2.45, 2.75) is 32.8 Å². The third-order valence-corrected chi connectivity index (χ3v) is 3.72. The number of halogens is 1. The van der Waals surface area contributed by atoms with Gasteiger partial charge in [0.15, 0.2) is 0 Å². The van der Waals surface area contributed by atoms with Crippen LogP contribution in [-0.4, -0.2) is 68.9 Å². The molecule has 8 nitrogen and oxygen atoms in total. The van der Waals surface area contributed by atoms with Gasteiger partial charge < -0.3 is 24.3 Å². The zero-order valence-corrected chi connectivity index (χ0v) is 18.5. The van der Waals surface area contributed by atoms with Gasteiger partial charge in [0, 0.05) is 17.7 Å². The summed E-state index contributed by atoms with van der Waals surface area (Å²) >= 11 is 5.41. The third kappa shape index (κ3) is 12.5. The van der Waals surface area contributed by atoms with E-state index in [4.69, 9.17) is 30.5 Å². The summed E-state index contributed by atoms with van der Waals surface area (Å²) in [6.07, 6.45) is 0.207. The first kappa shape index (κ1) is 26.0. The molecule has 0 fully saturated rings. The summed E-state index contributed by atoms with van der Waals surface area (Å²) in [5, 5.41) is 2.09. The van der Waals surface area contributed by atoms with Crippen LogP contribution in [0.2, 0.25) is 0 Å². The second-order valence-corrected chi connectivity index (χ2v) is 7.63. The van der Waals surface area contributed by atoms with Crippen molar-refractivity contribution in [3.63, 3.8) is 0 Å². The number of amides is 1. The lowest BCUT2D eigenvalue weighted by molar-refractivity contribution is -0.156. The highest BCUT2D eigenvalue weighted by atomic mass is 35.5. The van der Waals surface area contributed by atoms with Crippen LogP contribution in [0.25, 0.3) is 0 Å². The fraction of sp³-hybridized carbons (Fsp3) is 0.571. The van der Waals surface area contributed by atoms with E-state index in [0.717, 1.165) is 0 Å². The van der Waals surface area contributed by atoms with Crippen molar-refractivity contribution in [1.82, 2.24) is 5.32 Å². The molecule has 1 aromatic rings. The van der Waals surface area contributed by atoms with Crippen molar-refractivity contribution in [2.24, 2.45) is 0 Å². The van der Waals surface area contributed by atoms with Crippen LogP contribution in [0.4, 0.5) is 0 Å². The fourth-order valence-electron chi connectivity index (χ4n) is 2.21. The van der Waals surface area contributed by atoms with Crippen LogP contribution in [0.3, 0.4) is 0 Å². The Balaban J connectivity index is 1.96. The van der Waals surface area contributed by atoms with Gasteiger partial charge in [0.05, 0.1) is 46.1 Å². The number of hydrogen-bond acceptors (Lipinski definition) is 7. The molecule has 0 aliphatic heterocycles. The molecule has 1 aromatic carbocycles. The largest absolute Gasteiger partial charge is 0.460 e. The van der Waals surface area contributed by atoms with E-state index in [1.807, 2.05) is 20.8 Å². The summed E-state index contributed by atoms with van der Waals surface area (Å²) in [5.74, 6) is -0.595. The molecule has 0 atom stereocenters. The fourth-order valence-corrected chi connectivity index (χ4v) is 2.33. The number of carbonyl (C=O) groups is 3. The molecule has 0 bridgehead atoms. The van der Waals surface area contributed by atoms with Crippen molar-refractivity contribution >= 4 is 28.7 Å². The van der Waals surface area contributed by atoms with Crippen molar-refractivity contribution in [3.8, 4) is 0 Å². The molecule has 0 aliphatic carbocycles. The molecule has 1 amide bonds. The molecule has 9 heteroatoms. The van der Waals surface area contributed by atoms with E-state index >= 15 is 0 Å². The number of hydrogen-bond donors (Lipinski definition) is 1. The van der Waals surface area contributed by atoms with Gasteiger partial charge in [-0.05, 0) is 44.5 Å². The maximum Gasteiger partial charge on any atom is 0.308 e. The van der Waals surface area contributed by atoms with Crippen LogP contribution in [0.15, 0.2) is 24.3 Å². The van der Waals surface area contributed by atoms with Crippen LogP contribution in [0, 0.1) is 0 Å². The molecule has 0 radical (unpaired) electrons. The van der Waals surface area contributed by atoms with Gasteiger partial charge >= 0.3 is 5.97 Å². The molecular formula is C21H30ClNO7. The molecule has 0 saturated heterocycles. The van der Waals surface area contributed by atoms with Crippen LogP contribution in [0.1, 0.15) is 47.9 Å². The van der Waals surface area contributed by atoms with E-state index in [1.165, 1.54) is 6.07 Å². The highest BCUT2D eigenvalue weighted by Gasteiger charge is 2.15. The van der Waals surface area contributed by atoms with Crippen LogP contribution in [0.5, 0.6) is 0 Å². The van der Waals surface area contributed by atoms with Gasteiger partial charge in [0.1, 0.15) is 5.60 Å². The van der Waals surface area contributed by atoms with E-state index in [-0.39, 0.29) is 30.5 Å². The lowest BCUT2D eigenvalue weighted by Gasteiger charge is -2.19. The Kier molecular flexibility index (Phi) is 12.2. The molecule has 0 spiro atoms. The molecule has 1 N–H and O–H groups in total. The molecule has 0 heterocycles. The highest BCUT2D eigenvalue weighted by molar-refractivity contribution is 6.67. The van der Waals surface area contributed by atoms with Crippen LogP contribution >= 0.6 is 11.6 Å². The molecule has 168 valence electrons. The minimum atomic E-state index is -0.610. The first-order valence-electron chi connectivity index (χ1n) is 9.72. The molecule has 1 rings (SSSR count). The van der Waals surface area contributed by atoms with Crippen molar-refractivity contribution < 1.29 is 33.3 Å². The summed E-state index contributed by atoms with van der Waals surface area (Å²) in [7, 11) is 0. The Morgan fingerprint density at radius 3 is 2.07 bits per heavy atom. The first-order chi connectivity index (χ1) is 14.2. The quantitative estimate of drug-likeness (QED) is 0.268. The van der Waals surface area contributed by atoms with Crippen molar-refractivity contribution in [1.29, 1.82) is 0 Å². The maximum absolute atomic E-state index is 12.0. The van der Waals surface area contributed by atoms with E-state index < -0.39 is 10.8 Å². The average molecular weight is 444 g/mol. The normalized spacial score (nSPS) is 11.2. The number of carbonyl (C=O) groups excluding carboxylic acids is 3. The molecular weight excluding hydrogens is 414 g/mol. The summed E-state index contributed by atoms with van der Waals surface area (Å²) in [5.41, 5.74) is 0.140. The molecule has 0 saturated carbocycles. The highest BCUT2D eigenvalue weighted by Crippen LogP contribution is 2.08. The smallest absolute Gasteiger partial charge is 0.308 e. The number of rotatable bonds is 14. The summed E-state index contributed by atoms with van der Waals surface area (Å²) in [4.78, 5) is 34.6. The Labute approximate surface area is 182 Å². The van der Waals surface area contributed by atoms with Gasteiger partial charge in [-0.2, -0.15) is 0 Å². The lowest BCUT2D eigenvalue weighted by atomic mass is 10.1. The van der Waals surface area contributed by atoms with Crippen molar-refractivity contribution in [3.05, 3.63) is 35.4 Å². The molecule has 0 aliphatic rings. The minimum absolute atomic E-state index is 0.207. The zero-order chi connectivity index (χ0) is 22.4. The van der Waals surface area contributed by atoms with Crippen LogP contribution < -0.4 is 5.32 Å². The predicted molar refractivity (Wildman–Crippen MR) is 112 cm³/mol. The summed E-state index contributed by atoms with van der Waals surface area (Å²) < 4.78 is 21.2. The van der Waals surface area contributed by atoms with E-state index in [0.29, 0.717) is 45.1 Å². The summed E-state index contributed by atoms with van der Waals surface area (Å²) in [6, 6.07) is 6.18. The van der Waals surface area contributed by atoms with Crippen LogP contribution in [-0.2, 0) is 23.7 Å². The summed E-state index contributed by atoms with van der Waals surface area (Å²) in [6.45, 7) is 7.94. The van der Waals surface area contributed by atoms with Gasteiger partial charge in [-0.15, -0.1) is 0 Å². The van der Waals surface area contributed by atoms with Gasteiger partial charge in [-0.1, -0.05) is 12.1 Å². The Bertz CT molecular complexity index is 688. The average Bonchev–Trinajstić information content (AvgIpc) is 2.67. The monoisotopic (exact) mass is 443 g/mol. The lowest BCUT2D eigenvalue weighted by Crippen LogP contribution is -2.27. The third-order valence-electron chi connectivity index (χ3n) is 3.50. The minimum Gasteiger partial charge on any atom is -0.460 e. The van der Waals surface area contributed by atoms with Crippen molar-refractivity contribution in [2.75, 3.05) is 46.2 Å². The first-order valence-corrected chi connectivity index (χ1v) is 10.1. The Morgan fingerprint density at radius 1 is 0.900 bits per heavy atom. The predicted octanol–water partition coefficient (Wildman–Crippen LogP) is 2.58. The molecule has 0 unspecified atom stereocenters. The van der Waals surface area contributed by atoms with E-state index in [1.54, 1.807) is 18.2 Å². The van der Waals surface area contributed by atoms with Gasteiger partial charge in [-0.3, -0.25) is 14.4 Å².